The Kier molecular flexibility index (Phi) is 2.17. The van der Waals surface area contributed by atoms with Gasteiger partial charge in [-0.1, -0.05) is 29.8 Å². The van der Waals surface area contributed by atoms with Gasteiger partial charge in [-0.2, -0.15) is 0 Å². The third-order valence-electron chi connectivity index (χ3n) is 8.00. The largest absolute Gasteiger partial charge is 0.392 e. The lowest BCUT2D eigenvalue weighted by molar-refractivity contribution is -0.0345. The molecule has 0 radical (unpaired) electrons. The zero-order valence-corrected chi connectivity index (χ0v) is 13.8. The zero-order valence-electron chi connectivity index (χ0n) is 13.8. The number of nitrogens with zero attached hydrogens (tertiary/aromatic N) is 2. The molecule has 5 bridgehead atoms. The Balaban J connectivity index is 1.62. The Labute approximate surface area is 137 Å². The first-order chi connectivity index (χ1) is 11.2. The summed E-state index contributed by atoms with van der Waals surface area (Å²) in [5.74, 6) is 1.05. The number of rotatable bonds is 0. The van der Waals surface area contributed by atoms with Crippen molar-refractivity contribution in [1.82, 2.24) is 4.90 Å². The Hall–Kier alpha value is -1.32. The molecule has 8 atom stereocenters. The van der Waals surface area contributed by atoms with Crippen LogP contribution in [-0.4, -0.2) is 47.8 Å². The highest BCUT2D eigenvalue weighted by molar-refractivity contribution is 5.67. The van der Waals surface area contributed by atoms with E-state index in [1.54, 1.807) is 5.57 Å². The molecule has 1 aromatic rings. The van der Waals surface area contributed by atoms with Gasteiger partial charge >= 0.3 is 0 Å². The number of fused-ring (bicyclic) bond motifs is 2. The van der Waals surface area contributed by atoms with Crippen LogP contribution >= 0.6 is 0 Å². The molecule has 0 aromatic heterocycles. The van der Waals surface area contributed by atoms with Crippen molar-refractivity contribution in [3.05, 3.63) is 41.5 Å². The minimum atomic E-state index is -0.196. The first kappa shape index (κ1) is 13.0. The predicted octanol–water partition coefficient (Wildman–Crippen LogP) is 2.16. The highest BCUT2D eigenvalue weighted by Gasteiger charge is 2.74. The van der Waals surface area contributed by atoms with E-state index in [1.807, 2.05) is 0 Å². The van der Waals surface area contributed by atoms with E-state index in [0.717, 1.165) is 13.0 Å². The molecule has 0 amide bonds. The summed E-state index contributed by atoms with van der Waals surface area (Å²) in [4.78, 5) is 5.25. The molecule has 1 saturated carbocycles. The van der Waals surface area contributed by atoms with E-state index in [4.69, 9.17) is 0 Å². The number of hydrogen-bond acceptors (Lipinski definition) is 3. The summed E-state index contributed by atoms with van der Waals surface area (Å²) in [6, 6.07) is 10.5. The number of aliphatic hydroxyl groups excluding tert-OH is 1. The van der Waals surface area contributed by atoms with Crippen molar-refractivity contribution in [1.29, 1.82) is 0 Å². The van der Waals surface area contributed by atoms with Gasteiger partial charge in [-0.3, -0.25) is 4.90 Å². The van der Waals surface area contributed by atoms with Gasteiger partial charge in [-0.05, 0) is 37.3 Å². The summed E-state index contributed by atoms with van der Waals surface area (Å²) in [6.07, 6.45) is 4.51. The molecule has 23 heavy (non-hydrogen) atoms. The molecule has 1 N–H and O–H groups in total. The molecule has 1 spiro atoms. The molecular formula is C20H24N2O. The van der Waals surface area contributed by atoms with E-state index < -0.39 is 0 Å². The van der Waals surface area contributed by atoms with Crippen LogP contribution in [0.2, 0.25) is 0 Å². The fraction of sp³-hybridized carbons (Fsp3) is 0.600. The van der Waals surface area contributed by atoms with Gasteiger partial charge in [0.15, 0.2) is 0 Å². The molecule has 7 rings (SSSR count). The summed E-state index contributed by atoms with van der Waals surface area (Å²) >= 11 is 0. The molecule has 120 valence electrons. The number of hydrogen-bond donors (Lipinski definition) is 1. The second-order valence-corrected chi connectivity index (χ2v) is 8.35. The van der Waals surface area contributed by atoms with Crippen LogP contribution in [-0.2, 0) is 5.41 Å². The molecular weight excluding hydrogens is 284 g/mol. The first-order valence-corrected chi connectivity index (χ1v) is 9.09. The van der Waals surface area contributed by atoms with E-state index in [-0.39, 0.29) is 11.5 Å². The number of anilines is 1. The highest BCUT2D eigenvalue weighted by Crippen LogP contribution is 2.67. The van der Waals surface area contributed by atoms with Gasteiger partial charge in [-0.15, -0.1) is 0 Å². The predicted molar refractivity (Wildman–Crippen MR) is 90.6 cm³/mol. The third kappa shape index (κ3) is 1.17. The molecule has 4 saturated heterocycles. The fourth-order valence-corrected chi connectivity index (χ4v) is 7.35. The maximum Gasteiger partial charge on any atom is 0.0707 e. The minimum Gasteiger partial charge on any atom is -0.392 e. The number of para-hydroxylation sites is 1. The smallest absolute Gasteiger partial charge is 0.0707 e. The van der Waals surface area contributed by atoms with Gasteiger partial charge in [0, 0.05) is 42.7 Å². The Morgan fingerprint density at radius 3 is 2.91 bits per heavy atom. The molecule has 3 heteroatoms. The summed E-state index contributed by atoms with van der Waals surface area (Å²) in [6.45, 7) is 3.31. The Morgan fingerprint density at radius 1 is 1.26 bits per heavy atom. The van der Waals surface area contributed by atoms with E-state index in [1.165, 1.54) is 17.7 Å². The van der Waals surface area contributed by atoms with Crippen LogP contribution in [0.4, 0.5) is 5.69 Å². The quantitative estimate of drug-likeness (QED) is 0.744. The average Bonchev–Trinajstić information content (AvgIpc) is 2.98. The Morgan fingerprint density at radius 2 is 2.09 bits per heavy atom. The number of aliphatic hydroxyl groups is 1. The first-order valence-electron chi connectivity index (χ1n) is 9.09. The van der Waals surface area contributed by atoms with E-state index in [9.17, 15) is 5.11 Å². The van der Waals surface area contributed by atoms with Crippen LogP contribution in [0.25, 0.3) is 0 Å². The minimum absolute atomic E-state index is 0.0280. The summed E-state index contributed by atoms with van der Waals surface area (Å²) in [5.41, 5.74) is 4.32. The van der Waals surface area contributed by atoms with Crippen molar-refractivity contribution in [3.63, 3.8) is 0 Å². The second-order valence-electron chi connectivity index (χ2n) is 8.35. The van der Waals surface area contributed by atoms with E-state index in [0.29, 0.717) is 30.0 Å². The normalized spacial score (nSPS) is 53.1. The van der Waals surface area contributed by atoms with Gasteiger partial charge in [0.1, 0.15) is 0 Å². The average molecular weight is 308 g/mol. The topological polar surface area (TPSA) is 26.7 Å². The van der Waals surface area contributed by atoms with Crippen molar-refractivity contribution in [2.75, 3.05) is 18.5 Å². The summed E-state index contributed by atoms with van der Waals surface area (Å²) in [5, 5.41) is 11.6. The third-order valence-corrected chi connectivity index (χ3v) is 8.00. The summed E-state index contributed by atoms with van der Waals surface area (Å²) in [7, 11) is 2.25. The standard InChI is InChI=1S/C20H24N2O/c1-3-11-10-22-15-8-12(11)17-16(22)9-20(19(17)23)13-6-4-5-7-14(13)21(2)18(15)20/h3-7,12,15-19,23H,8-10H2,1-2H3/b11-3+/t12-,15-,16-,17-,18-,19-,20+/m1/s1. The van der Waals surface area contributed by atoms with E-state index >= 15 is 0 Å². The van der Waals surface area contributed by atoms with Crippen LogP contribution in [0, 0.1) is 11.8 Å². The summed E-state index contributed by atoms with van der Waals surface area (Å²) < 4.78 is 0. The number of benzene rings is 1. The van der Waals surface area contributed by atoms with Crippen LogP contribution in [0.15, 0.2) is 35.9 Å². The Bertz CT molecular complexity index is 743. The monoisotopic (exact) mass is 308 g/mol. The second kappa shape index (κ2) is 3.84. The number of allylic oxidation sites excluding steroid dienone is 1. The number of piperidine rings is 4. The van der Waals surface area contributed by atoms with Crippen molar-refractivity contribution in [3.8, 4) is 0 Å². The van der Waals surface area contributed by atoms with Crippen LogP contribution in [0.5, 0.6) is 0 Å². The molecule has 5 aliphatic heterocycles. The van der Waals surface area contributed by atoms with Gasteiger partial charge in [0.2, 0.25) is 0 Å². The van der Waals surface area contributed by atoms with Crippen molar-refractivity contribution >= 4 is 5.69 Å². The molecule has 5 heterocycles. The van der Waals surface area contributed by atoms with Gasteiger partial charge < -0.3 is 10.0 Å². The fourth-order valence-electron chi connectivity index (χ4n) is 7.35. The SMILES string of the molecule is C/C=C1\CN2[C@@H]3C[C@]45c6ccccc6N(C)[C@@H]4[C@H]2C[C@H]1[C@H]3[C@H]5O. The van der Waals surface area contributed by atoms with Crippen molar-refractivity contribution in [2.45, 2.75) is 49.4 Å². The molecule has 3 nitrogen and oxygen atoms in total. The lowest BCUT2D eigenvalue weighted by Gasteiger charge is -2.58. The van der Waals surface area contributed by atoms with Crippen molar-refractivity contribution < 1.29 is 5.11 Å². The van der Waals surface area contributed by atoms with Gasteiger partial charge in [0.05, 0.1) is 12.1 Å². The molecule has 5 fully saturated rings. The molecule has 1 aromatic carbocycles. The lowest BCUT2D eigenvalue weighted by atomic mass is 9.65. The maximum atomic E-state index is 11.6. The van der Waals surface area contributed by atoms with Crippen LogP contribution in [0.3, 0.4) is 0 Å². The van der Waals surface area contributed by atoms with Crippen LogP contribution < -0.4 is 4.90 Å². The maximum absolute atomic E-state index is 11.6. The molecule has 1 aliphatic carbocycles. The number of likely N-dealkylation sites (N-methyl/N-ethyl adjacent to an activating group) is 1. The van der Waals surface area contributed by atoms with Crippen molar-refractivity contribution in [2.24, 2.45) is 11.8 Å². The van der Waals surface area contributed by atoms with Crippen LogP contribution in [0.1, 0.15) is 25.3 Å². The highest BCUT2D eigenvalue weighted by atomic mass is 16.3. The van der Waals surface area contributed by atoms with Gasteiger partial charge in [0.25, 0.3) is 0 Å². The molecule has 6 aliphatic rings. The van der Waals surface area contributed by atoms with Gasteiger partial charge in [-0.25, -0.2) is 0 Å². The lowest BCUT2D eigenvalue weighted by Crippen LogP contribution is -2.68. The van der Waals surface area contributed by atoms with E-state index in [2.05, 4.69) is 54.1 Å². The zero-order chi connectivity index (χ0) is 15.5. The molecule has 1 unspecified atom stereocenters.